The maximum atomic E-state index is 5.55. The van der Waals surface area contributed by atoms with Crippen LogP contribution in [0.15, 0.2) is 22.6 Å². The van der Waals surface area contributed by atoms with E-state index in [1.165, 1.54) is 0 Å². The molecule has 3 heteroatoms. The van der Waals surface area contributed by atoms with E-state index in [0.29, 0.717) is 0 Å². The number of nitrogens with zero attached hydrogens (tertiary/aromatic N) is 2. The molecule has 0 aliphatic heterocycles. The van der Waals surface area contributed by atoms with Crippen molar-refractivity contribution in [2.75, 3.05) is 33.1 Å². The zero-order chi connectivity index (χ0) is 9.14. The van der Waals surface area contributed by atoms with Crippen molar-refractivity contribution in [1.82, 2.24) is 4.58 Å². The van der Waals surface area contributed by atoms with Gasteiger partial charge in [-0.15, -0.1) is 0 Å². The summed E-state index contributed by atoms with van der Waals surface area (Å²) < 4.78 is 7.49. The van der Waals surface area contributed by atoms with Crippen molar-refractivity contribution >= 4 is 5.88 Å². The second-order valence-electron chi connectivity index (χ2n) is 3.09. The molecule has 0 amide bonds. The van der Waals surface area contributed by atoms with E-state index >= 15 is 0 Å². The lowest BCUT2D eigenvalue weighted by Crippen LogP contribution is -2.22. The Hall–Kier alpha value is -1.25. The van der Waals surface area contributed by atoms with E-state index in [9.17, 15) is 0 Å². The van der Waals surface area contributed by atoms with Gasteiger partial charge in [0.2, 0.25) is 5.88 Å². The Bertz CT molecular complexity index is 321. The fourth-order valence-corrected chi connectivity index (χ4v) is 0.869. The van der Waals surface area contributed by atoms with Crippen molar-refractivity contribution < 1.29 is 4.42 Å². The minimum atomic E-state index is 0.862. The minimum absolute atomic E-state index is 0.862. The van der Waals surface area contributed by atoms with E-state index < -0.39 is 0 Å². The van der Waals surface area contributed by atoms with Crippen molar-refractivity contribution in [2.24, 2.45) is 0 Å². The van der Waals surface area contributed by atoms with Crippen LogP contribution >= 0.6 is 0 Å². The summed E-state index contributed by atoms with van der Waals surface area (Å²) in [4.78, 5) is 1.94. The maximum absolute atomic E-state index is 5.55. The smallest absolute Gasteiger partial charge is 0.368 e. The fraction of sp³-hybridized carbons (Fsp3) is 0.444. The van der Waals surface area contributed by atoms with Gasteiger partial charge in [-0.05, 0) is 12.1 Å². The largest absolute Gasteiger partial charge is 0.389 e. The summed E-state index contributed by atoms with van der Waals surface area (Å²) in [7, 11) is 7.83. The van der Waals surface area contributed by atoms with Crippen molar-refractivity contribution in [3.05, 3.63) is 23.8 Å². The number of anilines is 1. The first-order chi connectivity index (χ1) is 5.61. The van der Waals surface area contributed by atoms with Crippen molar-refractivity contribution in [1.29, 1.82) is 0 Å². The lowest BCUT2D eigenvalue weighted by atomic mass is 10.5. The van der Waals surface area contributed by atoms with Crippen molar-refractivity contribution in [3.63, 3.8) is 0 Å². The van der Waals surface area contributed by atoms with Gasteiger partial charge in [-0.25, -0.2) is 4.58 Å². The van der Waals surface area contributed by atoms with Gasteiger partial charge < -0.3 is 9.32 Å². The van der Waals surface area contributed by atoms with E-state index in [2.05, 4.69) is 0 Å². The molecule has 12 heavy (non-hydrogen) atoms. The van der Waals surface area contributed by atoms with E-state index in [1.807, 2.05) is 55.9 Å². The Balaban J connectivity index is 3.23. The maximum Gasteiger partial charge on any atom is 0.368 e. The van der Waals surface area contributed by atoms with E-state index in [0.717, 1.165) is 11.4 Å². The van der Waals surface area contributed by atoms with Crippen LogP contribution in [0.1, 0.15) is 0 Å². The number of rotatable bonds is 1. The third-order valence-electron chi connectivity index (χ3n) is 1.57. The molecule has 0 aromatic carbocycles. The first-order valence-corrected chi connectivity index (χ1v) is 3.89. The molecule has 66 valence electrons. The van der Waals surface area contributed by atoms with Crippen LogP contribution in [-0.4, -0.2) is 28.2 Å². The SMILES string of the molecule is CN(C)c1cccc(=[N+](C)C)o1. The van der Waals surface area contributed by atoms with Crippen LogP contribution < -0.4 is 15.0 Å². The number of hydrogen-bond acceptors (Lipinski definition) is 2. The second-order valence-corrected chi connectivity index (χ2v) is 3.09. The molecule has 3 nitrogen and oxygen atoms in total. The topological polar surface area (TPSA) is 19.4 Å². The molecular weight excluding hydrogens is 152 g/mol. The molecule has 0 spiro atoms. The van der Waals surface area contributed by atoms with Gasteiger partial charge in [-0.3, -0.25) is 0 Å². The summed E-state index contributed by atoms with van der Waals surface area (Å²) in [5.41, 5.74) is 0.862. The molecule has 0 aliphatic rings. The van der Waals surface area contributed by atoms with Crippen LogP contribution in [0, 0.1) is 0 Å². The Morgan fingerprint density at radius 2 is 1.92 bits per heavy atom. The van der Waals surface area contributed by atoms with E-state index in [1.54, 1.807) is 0 Å². The summed E-state index contributed by atoms with van der Waals surface area (Å²) in [5.74, 6) is 0.862. The van der Waals surface area contributed by atoms with Crippen molar-refractivity contribution in [3.8, 4) is 0 Å². The monoisotopic (exact) mass is 167 g/mol. The average Bonchev–Trinajstić information content (AvgIpc) is 2.04. The van der Waals surface area contributed by atoms with E-state index in [-0.39, 0.29) is 0 Å². The first kappa shape index (κ1) is 8.84. The van der Waals surface area contributed by atoms with Gasteiger partial charge in [0.1, 0.15) is 14.1 Å². The highest BCUT2D eigenvalue weighted by Gasteiger charge is 1.99. The molecule has 1 aromatic heterocycles. The zero-order valence-corrected chi connectivity index (χ0v) is 8.03. The molecule has 0 saturated carbocycles. The molecule has 0 radical (unpaired) electrons. The van der Waals surface area contributed by atoms with Gasteiger partial charge in [-0.2, -0.15) is 0 Å². The van der Waals surface area contributed by atoms with Gasteiger partial charge >= 0.3 is 5.55 Å². The zero-order valence-electron chi connectivity index (χ0n) is 8.03. The summed E-state index contributed by atoms with van der Waals surface area (Å²) in [6, 6.07) is 5.86. The predicted octanol–water partition coefficient (Wildman–Crippen LogP) is 0.377. The second kappa shape index (κ2) is 3.43. The highest BCUT2D eigenvalue weighted by molar-refractivity contribution is 5.30. The van der Waals surface area contributed by atoms with Crippen LogP contribution in [0.25, 0.3) is 0 Å². The lowest BCUT2D eigenvalue weighted by Gasteiger charge is -2.08. The number of hydrogen-bond donors (Lipinski definition) is 0. The molecule has 0 aliphatic carbocycles. The summed E-state index contributed by atoms with van der Waals surface area (Å²) in [6.07, 6.45) is 0. The van der Waals surface area contributed by atoms with Gasteiger partial charge in [-0.1, -0.05) is 0 Å². The molecule has 0 bridgehead atoms. The Labute approximate surface area is 72.6 Å². The normalized spacial score (nSPS) is 9.67. The Morgan fingerprint density at radius 1 is 1.25 bits per heavy atom. The van der Waals surface area contributed by atoms with Crippen LogP contribution in [-0.2, 0) is 0 Å². The third-order valence-corrected chi connectivity index (χ3v) is 1.57. The average molecular weight is 167 g/mol. The summed E-state index contributed by atoms with van der Waals surface area (Å²) in [6.45, 7) is 0. The highest BCUT2D eigenvalue weighted by Crippen LogP contribution is 2.04. The molecule has 0 atom stereocenters. The molecular formula is C9H15N2O+. The highest BCUT2D eigenvalue weighted by atomic mass is 16.4. The van der Waals surface area contributed by atoms with Crippen molar-refractivity contribution in [2.45, 2.75) is 0 Å². The molecule has 0 unspecified atom stereocenters. The van der Waals surface area contributed by atoms with E-state index in [4.69, 9.17) is 4.42 Å². The predicted molar refractivity (Wildman–Crippen MR) is 50.2 cm³/mol. The molecule has 1 rings (SSSR count). The van der Waals surface area contributed by atoms with Gasteiger partial charge in [0, 0.05) is 14.1 Å². The van der Waals surface area contributed by atoms with Crippen LogP contribution in [0.5, 0.6) is 0 Å². The van der Waals surface area contributed by atoms with Gasteiger partial charge in [0.15, 0.2) is 0 Å². The summed E-state index contributed by atoms with van der Waals surface area (Å²) >= 11 is 0. The fourth-order valence-electron chi connectivity index (χ4n) is 0.869. The van der Waals surface area contributed by atoms with Crippen LogP contribution in [0.4, 0.5) is 5.88 Å². The molecule has 0 N–H and O–H groups in total. The quantitative estimate of drug-likeness (QED) is 0.563. The summed E-state index contributed by atoms with van der Waals surface area (Å²) in [5, 5.41) is 0. The molecule has 1 heterocycles. The Kier molecular flexibility index (Phi) is 2.53. The third kappa shape index (κ3) is 1.87. The van der Waals surface area contributed by atoms with Crippen LogP contribution in [0.3, 0.4) is 0 Å². The van der Waals surface area contributed by atoms with Gasteiger partial charge in [0.25, 0.3) is 0 Å². The standard InChI is InChI=1S/C9H15N2O/c1-10(2)8-6-5-7-9(12-8)11(3)4/h5-7H,1-4H3/q+1. The van der Waals surface area contributed by atoms with Gasteiger partial charge in [0.05, 0.1) is 6.07 Å². The minimum Gasteiger partial charge on any atom is -0.389 e. The van der Waals surface area contributed by atoms with Crippen LogP contribution in [0.2, 0.25) is 0 Å². The molecule has 1 aromatic rings. The Morgan fingerprint density at radius 3 is 2.42 bits per heavy atom. The molecule has 0 fully saturated rings. The molecule has 0 saturated heterocycles. The first-order valence-electron chi connectivity index (χ1n) is 3.89. The lowest BCUT2D eigenvalue weighted by molar-refractivity contribution is 0.457.